The zero-order chi connectivity index (χ0) is 31.6. The van der Waals surface area contributed by atoms with Crippen LogP contribution in [-0.4, -0.2) is 42.6 Å². The molecule has 0 aliphatic carbocycles. The van der Waals surface area contributed by atoms with Crippen molar-refractivity contribution in [1.82, 2.24) is 0 Å². The lowest BCUT2D eigenvalue weighted by molar-refractivity contribution is -0.385. The summed E-state index contributed by atoms with van der Waals surface area (Å²) in [5.41, 5.74) is 2.69. The van der Waals surface area contributed by atoms with E-state index >= 15 is 0 Å². The lowest BCUT2D eigenvalue weighted by atomic mass is 9.89. The minimum atomic E-state index is -2.98. The van der Waals surface area contributed by atoms with Crippen LogP contribution in [-0.2, 0) is 9.31 Å². The van der Waals surface area contributed by atoms with Crippen LogP contribution in [0.15, 0.2) is 97.1 Å². The number of nitrogens with zero attached hydrogens (tertiary/aromatic N) is 2. The van der Waals surface area contributed by atoms with Gasteiger partial charge in [-0.15, -0.1) is 0 Å². The zero-order valence-corrected chi connectivity index (χ0v) is 24.4. The van der Waals surface area contributed by atoms with Crippen molar-refractivity contribution in [3.8, 4) is 11.5 Å². The van der Waals surface area contributed by atoms with Crippen molar-refractivity contribution < 1.29 is 37.3 Å². The number of hydrogen-bond acceptors (Lipinski definition) is 8. The molecule has 12 nitrogen and oxygen atoms in total. The molecular formula is C32H28BN2O10+. The summed E-state index contributed by atoms with van der Waals surface area (Å²) in [6.07, 6.45) is -0.701. The van der Waals surface area contributed by atoms with E-state index in [2.05, 4.69) is 0 Å². The third-order valence-electron chi connectivity index (χ3n) is 7.75. The molecule has 0 amide bonds. The third kappa shape index (κ3) is 6.30. The van der Waals surface area contributed by atoms with E-state index in [-0.39, 0.29) is 24.2 Å². The van der Waals surface area contributed by atoms with E-state index in [9.17, 15) is 20.2 Å². The second-order valence-electron chi connectivity index (χ2n) is 10.5. The maximum Gasteiger partial charge on any atom is 1.16 e. The lowest BCUT2D eigenvalue weighted by Gasteiger charge is -2.31. The molecule has 13 heteroatoms. The van der Waals surface area contributed by atoms with Crippen LogP contribution >= 0.6 is 0 Å². The van der Waals surface area contributed by atoms with Gasteiger partial charge in [-0.05, 0) is 71.8 Å². The van der Waals surface area contributed by atoms with Gasteiger partial charge >= 0.3 is 6.96 Å². The van der Waals surface area contributed by atoms with Crippen LogP contribution in [0.4, 0.5) is 11.4 Å². The van der Waals surface area contributed by atoms with Crippen LogP contribution < -0.4 is 9.47 Å². The quantitative estimate of drug-likeness (QED) is 0.0961. The Balaban J connectivity index is 1.48. The van der Waals surface area contributed by atoms with Crippen LogP contribution in [0.5, 0.6) is 11.5 Å². The zero-order valence-electron chi connectivity index (χ0n) is 24.4. The molecule has 2 aliphatic heterocycles. The Bertz CT molecular complexity index is 1780. The minimum absolute atomic E-state index is 0.0519. The first-order valence-corrected chi connectivity index (χ1v) is 14.1. The molecule has 0 bridgehead atoms. The number of nitro benzene ring substituents is 2. The summed E-state index contributed by atoms with van der Waals surface area (Å²) >= 11 is 0. The van der Waals surface area contributed by atoms with Gasteiger partial charge in [-0.1, -0.05) is 12.1 Å². The van der Waals surface area contributed by atoms with Crippen molar-refractivity contribution in [3.63, 3.8) is 0 Å². The predicted molar refractivity (Wildman–Crippen MR) is 163 cm³/mol. The van der Waals surface area contributed by atoms with Gasteiger partial charge in [-0.25, -0.2) is 0 Å². The fourth-order valence-electron chi connectivity index (χ4n) is 5.39. The summed E-state index contributed by atoms with van der Waals surface area (Å²) in [5.74, 6) is 2.31. The Morgan fingerprint density at radius 1 is 0.622 bits per heavy atom. The molecule has 0 fully saturated rings. The topological polar surface area (TPSA) is 146 Å². The Kier molecular flexibility index (Phi) is 8.11. The van der Waals surface area contributed by atoms with Crippen LogP contribution in [0.25, 0.3) is 0 Å². The van der Waals surface area contributed by atoms with Crippen molar-refractivity contribution in [2.24, 2.45) is 0 Å². The summed E-state index contributed by atoms with van der Waals surface area (Å²) in [5, 5.41) is 22.6. The van der Waals surface area contributed by atoms with Gasteiger partial charge in [-0.2, -0.15) is 0 Å². The molecule has 4 aromatic carbocycles. The highest BCUT2D eigenvalue weighted by Gasteiger charge is 2.74. The average Bonchev–Trinajstić information content (AvgIpc) is 3.08. The molecule has 0 N–H and O–H groups in total. The summed E-state index contributed by atoms with van der Waals surface area (Å²) in [6, 6.07) is 26.8. The molecule has 2 aliphatic rings. The molecule has 3 atom stereocenters. The molecule has 4 aromatic rings. The van der Waals surface area contributed by atoms with Crippen molar-refractivity contribution in [2.45, 2.75) is 25.0 Å². The summed E-state index contributed by atoms with van der Waals surface area (Å²) in [4.78, 5) is 21.7. The first-order chi connectivity index (χ1) is 21.8. The van der Waals surface area contributed by atoms with E-state index in [4.69, 9.17) is 27.5 Å². The number of rotatable bonds is 8. The molecular weight excluding hydrogens is 583 g/mol. The molecule has 6 rings (SSSR count). The van der Waals surface area contributed by atoms with E-state index < -0.39 is 29.0 Å². The average molecular weight is 611 g/mol. The number of ether oxygens (including phenoxy) is 2. The normalized spacial score (nSPS) is 21.0. The maximum atomic E-state index is 11.3. The van der Waals surface area contributed by atoms with Crippen LogP contribution in [0.1, 0.15) is 56.0 Å². The van der Waals surface area contributed by atoms with Crippen LogP contribution in [0.2, 0.25) is 0 Å². The number of methoxy groups -OCH3 is 2. The van der Waals surface area contributed by atoms with Crippen molar-refractivity contribution in [1.29, 1.82) is 0 Å². The van der Waals surface area contributed by atoms with E-state index in [0.717, 1.165) is 11.1 Å². The molecule has 0 aromatic heterocycles. The molecule has 228 valence electrons. The molecule has 45 heavy (non-hydrogen) atoms. The molecule has 2 heterocycles. The SMILES string of the molecule is COc1ccc(C2=[O+][B-]3(OC(c4ccc(OC)cc4)CC(c4ccc([N+](=O)[O-])cc4)=[O+]3)OC(c3ccc([N+](=O)[O-])cc3)C2)cc1. The predicted octanol–water partition coefficient (Wildman–Crippen LogP) is 6.42. The van der Waals surface area contributed by atoms with Gasteiger partial charge in [-0.3, -0.25) is 20.2 Å². The molecule has 3 unspecified atom stereocenters. The van der Waals surface area contributed by atoms with Gasteiger partial charge in [0.25, 0.3) is 22.9 Å². The highest BCUT2D eigenvalue weighted by Crippen LogP contribution is 2.41. The molecule has 0 saturated heterocycles. The number of non-ortho nitro benzene ring substituents is 2. The smallest absolute Gasteiger partial charge is 0.497 e. The standard InChI is InChI=1S/C32H28BN2O10/c1-40-27-15-7-23(8-16-27)31-19-29(21-3-11-25(12-4-21)34(36)37)42-33(44-31)43-30(22-5-13-26(14-6-22)35(38)39)20-32(45-33)24-9-17-28(41-2)18-10-24/h3-18,29,32H,19-20H2,1-2H3/q+1. The van der Waals surface area contributed by atoms with Gasteiger partial charge in [0.15, 0.2) is 0 Å². The highest BCUT2D eigenvalue weighted by molar-refractivity contribution is 6.51. The van der Waals surface area contributed by atoms with Gasteiger partial charge in [0, 0.05) is 24.3 Å². The number of ketones is 2. The Labute approximate surface area is 257 Å². The fraction of sp³-hybridized carbons (Fsp3) is 0.188. The molecule has 1 spiro atoms. The Hall–Kier alpha value is -5.40. The maximum absolute atomic E-state index is 11.3. The molecule has 0 radical (unpaired) electrons. The number of benzene rings is 4. The van der Waals surface area contributed by atoms with E-state index in [1.807, 2.05) is 36.4 Å². The highest BCUT2D eigenvalue weighted by atomic mass is 16.9. The first kappa shape index (κ1) is 29.7. The summed E-state index contributed by atoms with van der Waals surface area (Å²) < 4.78 is 36.7. The van der Waals surface area contributed by atoms with Crippen molar-refractivity contribution in [2.75, 3.05) is 14.2 Å². The minimum Gasteiger partial charge on any atom is -0.497 e. The first-order valence-electron chi connectivity index (χ1n) is 14.1. The van der Waals surface area contributed by atoms with Gasteiger partial charge in [0.05, 0.1) is 60.2 Å². The largest absolute Gasteiger partial charge is 1.16 e. The molecule has 0 saturated carbocycles. The number of carbonyl (C=O) groups excluding carboxylic acids is 2. The third-order valence-corrected chi connectivity index (χ3v) is 7.75. The lowest BCUT2D eigenvalue weighted by Crippen LogP contribution is -2.50. The van der Waals surface area contributed by atoms with E-state index in [1.54, 1.807) is 50.6 Å². The Morgan fingerprint density at radius 3 is 1.38 bits per heavy atom. The summed E-state index contributed by atoms with van der Waals surface area (Å²) in [6.45, 7) is -2.98. The number of nitro groups is 2. The van der Waals surface area contributed by atoms with E-state index in [0.29, 0.717) is 34.2 Å². The fourth-order valence-corrected chi connectivity index (χ4v) is 5.39. The van der Waals surface area contributed by atoms with Gasteiger partial charge in [0.2, 0.25) is 0 Å². The van der Waals surface area contributed by atoms with E-state index in [1.165, 1.54) is 24.3 Å². The van der Waals surface area contributed by atoms with Crippen LogP contribution in [0.3, 0.4) is 0 Å². The van der Waals surface area contributed by atoms with Crippen molar-refractivity contribution in [3.05, 3.63) is 140 Å². The van der Waals surface area contributed by atoms with Crippen LogP contribution in [0, 0.1) is 20.2 Å². The summed E-state index contributed by atoms with van der Waals surface area (Å²) in [7, 11) is 3.16. The number of hydrogen-bond donors (Lipinski definition) is 0. The second kappa shape index (κ2) is 12.3. The van der Waals surface area contributed by atoms with Gasteiger partial charge < -0.3 is 27.5 Å². The van der Waals surface area contributed by atoms with Gasteiger partial charge in [0.1, 0.15) is 11.5 Å². The Morgan fingerprint density at radius 2 is 0.978 bits per heavy atom. The van der Waals surface area contributed by atoms with Crippen molar-refractivity contribution >= 4 is 29.9 Å². The monoisotopic (exact) mass is 611 g/mol. The second-order valence-corrected chi connectivity index (χ2v) is 10.5.